The molecular formula is C39H44FN5O7Si. The van der Waals surface area contributed by atoms with Gasteiger partial charge in [0.15, 0.2) is 11.4 Å². The molecule has 12 nitrogen and oxygen atoms in total. The summed E-state index contributed by atoms with van der Waals surface area (Å²) in [6, 6.07) is 19.9. The third-order valence-corrected chi connectivity index (χ3v) is 13.1. The maximum atomic E-state index is 16.6. The summed E-state index contributed by atoms with van der Waals surface area (Å²) in [7, 11) is -2.12. The number of aliphatic hydroxyl groups is 1. The fourth-order valence-electron chi connectivity index (χ4n) is 8.31. The van der Waals surface area contributed by atoms with E-state index in [9.17, 15) is 19.5 Å². The third-order valence-electron chi connectivity index (χ3n) is 10.7. The number of esters is 1. The molecule has 2 amide bonds. The predicted molar refractivity (Wildman–Crippen MR) is 198 cm³/mol. The summed E-state index contributed by atoms with van der Waals surface area (Å²) < 4.78 is 36.3. The normalized spacial score (nSPS) is 22.0. The number of hydrogen-bond acceptors (Lipinski definition) is 9. The number of aryl methyl sites for hydroxylation is 1. The van der Waals surface area contributed by atoms with Crippen LogP contribution in [0.25, 0.3) is 0 Å². The van der Waals surface area contributed by atoms with Crippen LogP contribution in [0.4, 0.5) is 21.2 Å². The Morgan fingerprint density at radius 1 is 1.02 bits per heavy atom. The maximum Gasteiger partial charge on any atom is 0.305 e. The van der Waals surface area contributed by atoms with Crippen LogP contribution >= 0.6 is 0 Å². The number of anilines is 3. The highest BCUT2D eigenvalue weighted by Crippen LogP contribution is 2.61. The van der Waals surface area contributed by atoms with Gasteiger partial charge >= 0.3 is 5.97 Å². The molecule has 1 saturated heterocycles. The summed E-state index contributed by atoms with van der Waals surface area (Å²) in [6.07, 6.45) is 3.14. The minimum Gasteiger partial charge on any atom is -0.469 e. The second kappa shape index (κ2) is 14.5. The van der Waals surface area contributed by atoms with Gasteiger partial charge in [-0.15, -0.1) is 5.10 Å². The number of aliphatic hydroxyl groups excluding tert-OH is 1. The Morgan fingerprint density at radius 2 is 1.77 bits per heavy atom. The molecule has 4 atom stereocenters. The van der Waals surface area contributed by atoms with Crippen molar-refractivity contribution in [3.8, 4) is 11.5 Å². The quantitative estimate of drug-likeness (QED) is 0.0752. The van der Waals surface area contributed by atoms with Crippen LogP contribution in [-0.4, -0.2) is 72.7 Å². The smallest absolute Gasteiger partial charge is 0.305 e. The molecule has 1 spiro atoms. The number of fused-ring (bicyclic) bond motifs is 4. The molecule has 53 heavy (non-hydrogen) atoms. The molecule has 0 saturated carbocycles. The Labute approximate surface area is 308 Å². The zero-order chi connectivity index (χ0) is 37.5. The predicted octanol–water partition coefficient (Wildman–Crippen LogP) is 6.45. The van der Waals surface area contributed by atoms with Crippen LogP contribution in [-0.2, 0) is 37.6 Å². The minimum atomic E-state index is -3.47. The first-order valence-electron chi connectivity index (χ1n) is 18.1. The SMILES string of the molecule is COC(=O)CCCCN1C(=O)[C@]2(O[C@H](CCn3cc(CCO)nn3)[C@@H]([Si](C)(C)F)[C@@H]2C)c2cc(N3C(=O)c4ccccc4Oc4ccccc43)ccc21. The van der Waals surface area contributed by atoms with E-state index in [1.807, 2.05) is 49.4 Å². The first-order chi connectivity index (χ1) is 25.5. The van der Waals surface area contributed by atoms with E-state index >= 15 is 4.11 Å². The van der Waals surface area contributed by atoms with Crippen LogP contribution in [0, 0.1) is 5.92 Å². The Bertz CT molecular complexity index is 2030. The average molecular weight is 742 g/mol. The lowest BCUT2D eigenvalue weighted by molar-refractivity contribution is -0.146. The van der Waals surface area contributed by atoms with Gasteiger partial charge in [0.1, 0.15) is 5.75 Å². The van der Waals surface area contributed by atoms with Crippen LogP contribution in [0.3, 0.4) is 0 Å². The summed E-state index contributed by atoms with van der Waals surface area (Å²) >= 11 is 0. The van der Waals surface area contributed by atoms with E-state index in [1.54, 1.807) is 58.0 Å². The topological polar surface area (TPSA) is 136 Å². The number of ether oxygens (including phenoxy) is 3. The molecule has 3 aliphatic rings. The number of hydrogen-bond donors (Lipinski definition) is 1. The zero-order valence-electron chi connectivity index (χ0n) is 30.3. The van der Waals surface area contributed by atoms with Gasteiger partial charge in [-0.1, -0.05) is 36.4 Å². The van der Waals surface area contributed by atoms with E-state index in [4.69, 9.17) is 14.2 Å². The second-order valence-electron chi connectivity index (χ2n) is 14.4. The van der Waals surface area contributed by atoms with Crippen molar-refractivity contribution < 1.29 is 37.8 Å². The van der Waals surface area contributed by atoms with Crippen molar-refractivity contribution in [3.63, 3.8) is 0 Å². The highest BCUT2D eigenvalue weighted by molar-refractivity contribution is 6.72. The van der Waals surface area contributed by atoms with E-state index in [-0.39, 0.29) is 30.8 Å². The molecule has 1 aromatic heterocycles. The van der Waals surface area contributed by atoms with Crippen molar-refractivity contribution in [1.29, 1.82) is 0 Å². The number of unbranched alkanes of at least 4 members (excludes halogenated alkanes) is 1. The summed E-state index contributed by atoms with van der Waals surface area (Å²) in [6.45, 7) is 5.85. The van der Waals surface area contributed by atoms with E-state index in [0.29, 0.717) is 84.2 Å². The van der Waals surface area contributed by atoms with Crippen molar-refractivity contribution in [2.45, 2.75) is 75.9 Å². The molecule has 3 aromatic carbocycles. The van der Waals surface area contributed by atoms with E-state index < -0.39 is 31.6 Å². The van der Waals surface area contributed by atoms with E-state index in [1.165, 1.54) is 7.11 Å². The largest absolute Gasteiger partial charge is 0.469 e. The van der Waals surface area contributed by atoms with Gasteiger partial charge < -0.3 is 28.3 Å². The van der Waals surface area contributed by atoms with Crippen LogP contribution < -0.4 is 14.5 Å². The molecule has 0 aliphatic carbocycles. The van der Waals surface area contributed by atoms with Crippen LogP contribution in [0.1, 0.15) is 54.2 Å². The highest BCUT2D eigenvalue weighted by atomic mass is 28.4. The number of halogens is 1. The fraction of sp³-hybridized carbons (Fsp3) is 0.410. The standard InChI is InChI=1S/C39H44FN5O7Si/c1-25-36(53(3,4)40)34(18-21-43-24-26(19-22-46)41-42-43)52-39(25)29-23-27(16-17-30(29)44(38(39)49)20-10-9-15-35(47)50-2)45-31-12-6-8-14-33(31)51-32-13-7-5-11-28(32)37(45)48/h5-8,11-14,16-17,23-25,34,36,46H,9-10,15,18-22H2,1-4H3/t25-,34+,36-,39+/m0/s1. The van der Waals surface area contributed by atoms with Gasteiger partial charge in [-0.25, -0.2) is 0 Å². The molecule has 4 aromatic rings. The molecule has 278 valence electrons. The number of rotatable bonds is 12. The van der Waals surface area contributed by atoms with Gasteiger partial charge in [-0.05, 0) is 74.8 Å². The number of carbonyl (C=O) groups excluding carboxylic acids is 3. The third kappa shape index (κ3) is 6.53. The molecule has 0 unspecified atom stereocenters. The lowest BCUT2D eigenvalue weighted by atomic mass is 9.82. The molecule has 4 heterocycles. The average Bonchev–Trinajstić information content (AvgIpc) is 3.76. The summed E-state index contributed by atoms with van der Waals surface area (Å²) in [4.78, 5) is 44.5. The Balaban J connectivity index is 1.31. The lowest BCUT2D eigenvalue weighted by Gasteiger charge is -2.31. The molecule has 1 fully saturated rings. The summed E-state index contributed by atoms with van der Waals surface area (Å²) in [5.41, 5.74) is 1.18. The van der Waals surface area contributed by atoms with Gasteiger partial charge in [0.05, 0.1) is 35.8 Å². The second-order valence-corrected chi connectivity index (χ2v) is 18.2. The van der Waals surface area contributed by atoms with Crippen molar-refractivity contribution in [2.24, 2.45) is 5.92 Å². The number of carbonyl (C=O) groups is 3. The Morgan fingerprint density at radius 3 is 2.53 bits per heavy atom. The number of para-hydroxylation sites is 3. The van der Waals surface area contributed by atoms with Gasteiger partial charge in [0, 0.05) is 61.4 Å². The lowest BCUT2D eigenvalue weighted by Crippen LogP contribution is -2.45. The van der Waals surface area contributed by atoms with Gasteiger partial charge in [0.25, 0.3) is 11.8 Å². The van der Waals surface area contributed by atoms with Gasteiger partial charge in [-0.3, -0.25) is 24.0 Å². The van der Waals surface area contributed by atoms with Crippen LogP contribution in [0.5, 0.6) is 11.5 Å². The molecule has 0 radical (unpaired) electrons. The van der Waals surface area contributed by atoms with Gasteiger partial charge in [0.2, 0.25) is 8.41 Å². The number of benzene rings is 3. The number of methoxy groups -OCH3 is 1. The number of amides is 2. The van der Waals surface area contributed by atoms with Crippen molar-refractivity contribution >= 4 is 43.3 Å². The first-order valence-corrected chi connectivity index (χ1v) is 21.0. The Kier molecular flexibility index (Phi) is 9.96. The first kappa shape index (κ1) is 36.4. The number of aromatic nitrogens is 3. The maximum absolute atomic E-state index is 16.6. The molecule has 7 rings (SSSR count). The fourth-order valence-corrected chi connectivity index (χ4v) is 10.9. The van der Waals surface area contributed by atoms with Crippen molar-refractivity contribution in [2.75, 3.05) is 30.1 Å². The van der Waals surface area contributed by atoms with Gasteiger partial charge in [-0.2, -0.15) is 0 Å². The molecule has 3 aliphatic heterocycles. The van der Waals surface area contributed by atoms with Crippen LogP contribution in [0.15, 0.2) is 72.9 Å². The van der Waals surface area contributed by atoms with Crippen molar-refractivity contribution in [3.05, 3.63) is 89.7 Å². The number of nitrogens with zero attached hydrogens (tertiary/aromatic N) is 5. The minimum absolute atomic E-state index is 0.0506. The van der Waals surface area contributed by atoms with Crippen molar-refractivity contribution in [1.82, 2.24) is 15.0 Å². The molecule has 1 N–H and O–H groups in total. The summed E-state index contributed by atoms with van der Waals surface area (Å²) in [5.74, 6) is -0.541. The highest BCUT2D eigenvalue weighted by Gasteiger charge is 2.66. The molecule has 14 heteroatoms. The molecule has 0 bridgehead atoms. The zero-order valence-corrected chi connectivity index (χ0v) is 31.3. The van der Waals surface area contributed by atoms with Crippen LogP contribution in [0.2, 0.25) is 18.6 Å². The summed E-state index contributed by atoms with van der Waals surface area (Å²) in [5, 5.41) is 17.6. The van der Waals surface area contributed by atoms with E-state index in [2.05, 4.69) is 10.3 Å². The van der Waals surface area contributed by atoms with E-state index in [0.717, 1.165) is 0 Å². The monoisotopic (exact) mass is 741 g/mol. The molecular weight excluding hydrogens is 698 g/mol. The Hall–Kier alpha value is -4.92.